The van der Waals surface area contributed by atoms with Crippen molar-refractivity contribution in [2.75, 3.05) is 5.01 Å². The summed E-state index contributed by atoms with van der Waals surface area (Å²) in [6.07, 6.45) is 0. The second-order valence-electron chi connectivity index (χ2n) is 3.94. The van der Waals surface area contributed by atoms with Crippen LogP contribution in [0.3, 0.4) is 0 Å². The van der Waals surface area contributed by atoms with Gasteiger partial charge in [0.1, 0.15) is 11.1 Å². The van der Waals surface area contributed by atoms with Crippen molar-refractivity contribution in [3.05, 3.63) is 36.0 Å². The highest BCUT2D eigenvalue weighted by atomic mass is 31.0. The Kier molecular flexibility index (Phi) is 3.58. The third-order valence-electron chi connectivity index (χ3n) is 2.35. The number of aromatic hydroxyl groups is 1. The first-order chi connectivity index (χ1) is 7.23. The molecule has 1 aromatic carbocycles. The third kappa shape index (κ3) is 2.73. The van der Waals surface area contributed by atoms with Crippen molar-refractivity contribution in [3.63, 3.8) is 0 Å². The molecule has 0 saturated carbocycles. The van der Waals surface area contributed by atoms with Gasteiger partial charge in [-0.2, -0.15) is 0 Å². The number of hydrazine groups is 1. The van der Waals surface area contributed by atoms with Crippen molar-refractivity contribution >= 4 is 14.9 Å². The maximum Gasteiger partial charge on any atom is 0.120 e. The molecule has 0 aliphatic heterocycles. The SMILES string of the molecule is C=C(N(N)c1ccc(C)c(O)c1)C(C)(O)P. The topological polar surface area (TPSA) is 69.7 Å². The third-order valence-corrected chi connectivity index (χ3v) is 2.68. The molecule has 0 spiro atoms. The van der Waals surface area contributed by atoms with Crippen LogP contribution in [0.2, 0.25) is 0 Å². The van der Waals surface area contributed by atoms with Crippen LogP contribution in [-0.4, -0.2) is 15.6 Å². The van der Waals surface area contributed by atoms with E-state index in [-0.39, 0.29) is 5.75 Å². The lowest BCUT2D eigenvalue weighted by atomic mass is 10.2. The van der Waals surface area contributed by atoms with Crippen molar-refractivity contribution in [2.24, 2.45) is 5.84 Å². The first-order valence-electron chi connectivity index (χ1n) is 4.78. The number of aryl methyl sites for hydroxylation is 1. The molecule has 0 aliphatic carbocycles. The van der Waals surface area contributed by atoms with Crippen LogP contribution in [0.15, 0.2) is 30.5 Å². The van der Waals surface area contributed by atoms with Gasteiger partial charge in [0.25, 0.3) is 0 Å². The van der Waals surface area contributed by atoms with Crippen molar-refractivity contribution in [2.45, 2.75) is 19.2 Å². The van der Waals surface area contributed by atoms with Gasteiger partial charge in [-0.05, 0) is 25.5 Å². The van der Waals surface area contributed by atoms with Gasteiger partial charge >= 0.3 is 0 Å². The monoisotopic (exact) mass is 240 g/mol. The van der Waals surface area contributed by atoms with Gasteiger partial charge in [0.15, 0.2) is 0 Å². The van der Waals surface area contributed by atoms with Gasteiger partial charge in [-0.15, -0.1) is 0 Å². The second-order valence-corrected chi connectivity index (χ2v) is 5.06. The molecule has 0 amide bonds. The fourth-order valence-electron chi connectivity index (χ4n) is 1.15. The maximum absolute atomic E-state index is 9.72. The number of hydrogen-bond donors (Lipinski definition) is 3. The normalized spacial score (nSPS) is 14.3. The largest absolute Gasteiger partial charge is 0.508 e. The highest BCUT2D eigenvalue weighted by Crippen LogP contribution is 2.29. The summed E-state index contributed by atoms with van der Waals surface area (Å²) < 4.78 is 0. The van der Waals surface area contributed by atoms with E-state index in [0.717, 1.165) is 5.56 Å². The number of nitrogens with two attached hydrogens (primary N) is 1. The molecule has 1 rings (SSSR count). The number of nitrogens with zero attached hydrogens (tertiary/aromatic N) is 1. The molecule has 5 heteroatoms. The van der Waals surface area contributed by atoms with Crippen LogP contribution >= 0.6 is 9.24 Å². The molecule has 0 aliphatic rings. The smallest absolute Gasteiger partial charge is 0.120 e. The average molecular weight is 240 g/mol. The Balaban J connectivity index is 3.01. The molecule has 1 aromatic rings. The second kappa shape index (κ2) is 4.42. The van der Waals surface area contributed by atoms with Crippen LogP contribution in [0.4, 0.5) is 5.69 Å². The van der Waals surface area contributed by atoms with E-state index in [2.05, 4.69) is 15.8 Å². The Morgan fingerprint density at radius 1 is 1.56 bits per heavy atom. The van der Waals surface area contributed by atoms with Crippen molar-refractivity contribution in [3.8, 4) is 5.75 Å². The zero-order valence-electron chi connectivity index (χ0n) is 9.44. The van der Waals surface area contributed by atoms with E-state index < -0.39 is 5.34 Å². The van der Waals surface area contributed by atoms with Crippen molar-refractivity contribution in [1.29, 1.82) is 0 Å². The van der Waals surface area contributed by atoms with E-state index >= 15 is 0 Å². The summed E-state index contributed by atoms with van der Waals surface area (Å²) in [6, 6.07) is 5.02. The molecular weight excluding hydrogens is 223 g/mol. The molecule has 0 radical (unpaired) electrons. The molecule has 0 heterocycles. The van der Waals surface area contributed by atoms with Crippen LogP contribution in [0.1, 0.15) is 12.5 Å². The Hall–Kier alpha value is -1.09. The molecule has 0 saturated heterocycles. The van der Waals surface area contributed by atoms with E-state index in [1.807, 2.05) is 0 Å². The number of rotatable bonds is 3. The van der Waals surface area contributed by atoms with Gasteiger partial charge in [0, 0.05) is 6.07 Å². The lowest BCUT2D eigenvalue weighted by molar-refractivity contribution is 0.191. The Morgan fingerprint density at radius 2 is 2.12 bits per heavy atom. The number of benzene rings is 1. The van der Waals surface area contributed by atoms with Crippen molar-refractivity contribution in [1.82, 2.24) is 0 Å². The first-order valence-corrected chi connectivity index (χ1v) is 5.36. The van der Waals surface area contributed by atoms with Crippen LogP contribution in [0, 0.1) is 6.92 Å². The molecule has 4 nitrogen and oxygen atoms in total. The first kappa shape index (κ1) is 13.0. The van der Waals surface area contributed by atoms with Crippen molar-refractivity contribution < 1.29 is 10.2 Å². The molecule has 2 atom stereocenters. The number of phenolic OH excluding ortho intramolecular Hbond substituents is 1. The number of hydrogen-bond acceptors (Lipinski definition) is 4. The Bertz CT molecular complexity index is 413. The van der Waals surface area contributed by atoms with Gasteiger partial charge in [0.2, 0.25) is 0 Å². The zero-order chi connectivity index (χ0) is 12.5. The quantitative estimate of drug-likeness (QED) is 0.425. The minimum absolute atomic E-state index is 0.157. The summed E-state index contributed by atoms with van der Waals surface area (Å²) in [6.45, 7) is 7.06. The molecule has 0 fully saturated rings. The summed E-state index contributed by atoms with van der Waals surface area (Å²) in [5, 5.41) is 19.3. The predicted molar refractivity (Wildman–Crippen MR) is 69.0 cm³/mol. The summed E-state index contributed by atoms with van der Waals surface area (Å²) in [5.41, 5.74) is 1.65. The van der Waals surface area contributed by atoms with Gasteiger partial charge < -0.3 is 10.2 Å². The van der Waals surface area contributed by atoms with E-state index in [1.165, 1.54) is 11.1 Å². The fourth-order valence-corrected chi connectivity index (χ4v) is 1.29. The van der Waals surface area contributed by atoms with Crippen LogP contribution in [0.5, 0.6) is 5.75 Å². The molecule has 2 unspecified atom stereocenters. The standard InChI is InChI=1S/C11H17N2O2P/c1-7-4-5-9(6-10(7)14)13(12)8(2)11(3,15)16/h4-6,14-15H,2,12,16H2,1,3H3. The van der Waals surface area contributed by atoms with Crippen LogP contribution in [-0.2, 0) is 0 Å². The maximum atomic E-state index is 9.72. The van der Waals surface area contributed by atoms with E-state index in [1.54, 1.807) is 26.0 Å². The minimum Gasteiger partial charge on any atom is -0.508 e. The molecule has 16 heavy (non-hydrogen) atoms. The fraction of sp³-hybridized carbons (Fsp3) is 0.273. The predicted octanol–water partition coefficient (Wildman–Crippen LogP) is 1.48. The van der Waals surface area contributed by atoms with E-state index in [4.69, 9.17) is 5.84 Å². The van der Waals surface area contributed by atoms with E-state index in [0.29, 0.717) is 11.4 Å². The van der Waals surface area contributed by atoms with Gasteiger partial charge in [-0.25, -0.2) is 5.84 Å². The summed E-state index contributed by atoms with van der Waals surface area (Å²) in [7, 11) is 2.24. The lowest BCUT2D eigenvalue weighted by Crippen LogP contribution is -2.38. The van der Waals surface area contributed by atoms with Gasteiger partial charge in [-0.1, -0.05) is 21.9 Å². The molecule has 0 aromatic heterocycles. The van der Waals surface area contributed by atoms with Crippen LogP contribution < -0.4 is 10.9 Å². The summed E-state index contributed by atoms with van der Waals surface area (Å²) >= 11 is 0. The number of phenols is 1. The van der Waals surface area contributed by atoms with Gasteiger partial charge in [0.05, 0.1) is 11.4 Å². The lowest BCUT2D eigenvalue weighted by Gasteiger charge is -2.29. The zero-order valence-corrected chi connectivity index (χ0v) is 10.6. The number of aliphatic hydroxyl groups is 1. The molecular formula is C11H17N2O2P. The molecule has 0 bridgehead atoms. The summed E-state index contributed by atoms with van der Waals surface area (Å²) in [5.74, 6) is 5.95. The number of anilines is 1. The molecule has 88 valence electrons. The highest BCUT2D eigenvalue weighted by molar-refractivity contribution is 7.19. The highest BCUT2D eigenvalue weighted by Gasteiger charge is 2.22. The minimum atomic E-state index is -1.19. The van der Waals surface area contributed by atoms with E-state index in [9.17, 15) is 10.2 Å². The Labute approximate surface area is 97.6 Å². The van der Waals surface area contributed by atoms with Gasteiger partial charge in [-0.3, -0.25) is 5.01 Å². The molecule has 4 N–H and O–H groups in total. The average Bonchev–Trinajstić information content (AvgIpc) is 2.18. The summed E-state index contributed by atoms with van der Waals surface area (Å²) in [4.78, 5) is 0. The van der Waals surface area contributed by atoms with Crippen LogP contribution in [0.25, 0.3) is 0 Å². The Morgan fingerprint density at radius 3 is 2.56 bits per heavy atom.